The molecule has 0 fully saturated rings. The van der Waals surface area contributed by atoms with Crippen LogP contribution in [0.25, 0.3) is 0 Å². The Kier molecular flexibility index (Phi) is 5.78. The Morgan fingerprint density at radius 2 is 2.00 bits per heavy atom. The first-order chi connectivity index (χ1) is 10.2. The minimum absolute atomic E-state index is 0.0238. The minimum Gasteiger partial charge on any atom is -0.457 e. The molecule has 21 heavy (non-hydrogen) atoms. The highest BCUT2D eigenvalue weighted by Crippen LogP contribution is 2.27. The molecular formula is C18H23NO2. The molecule has 0 saturated carbocycles. The molecule has 3 heteroatoms. The fourth-order valence-electron chi connectivity index (χ4n) is 2.18. The molecule has 0 bridgehead atoms. The molecule has 0 heterocycles. The Morgan fingerprint density at radius 3 is 2.76 bits per heavy atom. The third-order valence-corrected chi connectivity index (χ3v) is 3.27. The maximum absolute atomic E-state index is 9.20. The Morgan fingerprint density at radius 1 is 1.14 bits per heavy atom. The van der Waals surface area contributed by atoms with Gasteiger partial charge in [-0.2, -0.15) is 0 Å². The standard InChI is InChI=1S/C18H23NO2/c1-3-9-19-12-16-10-14(2)7-8-18(16)21-17-6-4-5-15(11-17)13-20/h4-8,10-11,19-20H,3,9,12-13H2,1-2H3. The fourth-order valence-corrected chi connectivity index (χ4v) is 2.18. The molecule has 0 aliphatic carbocycles. The molecule has 0 amide bonds. The summed E-state index contributed by atoms with van der Waals surface area (Å²) in [4.78, 5) is 0. The van der Waals surface area contributed by atoms with E-state index in [-0.39, 0.29) is 6.61 Å². The number of ether oxygens (including phenoxy) is 1. The van der Waals surface area contributed by atoms with E-state index >= 15 is 0 Å². The molecule has 0 atom stereocenters. The third-order valence-electron chi connectivity index (χ3n) is 3.27. The average Bonchev–Trinajstić information content (AvgIpc) is 2.50. The highest BCUT2D eigenvalue weighted by Gasteiger charge is 2.06. The van der Waals surface area contributed by atoms with Crippen LogP contribution in [0.15, 0.2) is 42.5 Å². The van der Waals surface area contributed by atoms with Crippen LogP contribution in [0.3, 0.4) is 0 Å². The van der Waals surface area contributed by atoms with Crippen molar-refractivity contribution in [2.24, 2.45) is 0 Å². The second kappa shape index (κ2) is 7.81. The predicted molar refractivity (Wildman–Crippen MR) is 85.6 cm³/mol. The first-order valence-corrected chi connectivity index (χ1v) is 7.41. The van der Waals surface area contributed by atoms with Gasteiger partial charge in [0.15, 0.2) is 0 Å². The molecule has 2 rings (SSSR count). The molecule has 0 unspecified atom stereocenters. The summed E-state index contributed by atoms with van der Waals surface area (Å²) >= 11 is 0. The number of hydrogen-bond acceptors (Lipinski definition) is 3. The van der Waals surface area contributed by atoms with Gasteiger partial charge in [0, 0.05) is 12.1 Å². The summed E-state index contributed by atoms with van der Waals surface area (Å²) in [7, 11) is 0. The molecule has 0 spiro atoms. The molecule has 112 valence electrons. The van der Waals surface area contributed by atoms with Crippen LogP contribution in [0.4, 0.5) is 0 Å². The lowest BCUT2D eigenvalue weighted by molar-refractivity contribution is 0.281. The van der Waals surface area contributed by atoms with E-state index in [4.69, 9.17) is 4.74 Å². The minimum atomic E-state index is 0.0238. The second-order valence-corrected chi connectivity index (χ2v) is 5.20. The molecule has 0 aromatic heterocycles. The first kappa shape index (κ1) is 15.5. The zero-order valence-corrected chi connectivity index (χ0v) is 12.7. The Balaban J connectivity index is 2.17. The molecule has 3 nitrogen and oxygen atoms in total. The molecule has 0 aliphatic heterocycles. The van der Waals surface area contributed by atoms with Gasteiger partial charge in [-0.25, -0.2) is 0 Å². The van der Waals surface area contributed by atoms with E-state index in [9.17, 15) is 5.11 Å². The molecule has 0 aliphatic rings. The van der Waals surface area contributed by atoms with E-state index in [1.165, 1.54) is 5.56 Å². The highest BCUT2D eigenvalue weighted by atomic mass is 16.5. The molecule has 0 radical (unpaired) electrons. The summed E-state index contributed by atoms with van der Waals surface area (Å²) < 4.78 is 5.99. The predicted octanol–water partition coefficient (Wildman–Crippen LogP) is 3.78. The fraction of sp³-hybridized carbons (Fsp3) is 0.333. The summed E-state index contributed by atoms with van der Waals surface area (Å²) in [5.41, 5.74) is 3.22. The van der Waals surface area contributed by atoms with Gasteiger partial charge in [-0.1, -0.05) is 36.8 Å². The van der Waals surface area contributed by atoms with Gasteiger partial charge in [-0.3, -0.25) is 0 Å². The van der Waals surface area contributed by atoms with Gasteiger partial charge in [0.2, 0.25) is 0 Å². The summed E-state index contributed by atoms with van der Waals surface area (Å²) in [6.45, 7) is 6.05. The number of benzene rings is 2. The van der Waals surface area contributed by atoms with Gasteiger partial charge >= 0.3 is 0 Å². The Hall–Kier alpha value is -1.84. The summed E-state index contributed by atoms with van der Waals surface area (Å²) in [6, 6.07) is 13.7. The Labute approximate surface area is 126 Å². The zero-order valence-electron chi connectivity index (χ0n) is 12.7. The molecule has 2 N–H and O–H groups in total. The van der Waals surface area contributed by atoms with E-state index in [0.717, 1.165) is 42.1 Å². The number of aryl methyl sites for hydroxylation is 1. The van der Waals surface area contributed by atoms with E-state index in [0.29, 0.717) is 0 Å². The SMILES string of the molecule is CCCNCc1cc(C)ccc1Oc1cccc(CO)c1. The maximum atomic E-state index is 9.20. The lowest BCUT2D eigenvalue weighted by Crippen LogP contribution is -2.14. The molecule has 0 saturated heterocycles. The van der Waals surface area contributed by atoms with Gasteiger partial charge in [0.1, 0.15) is 11.5 Å². The molecular weight excluding hydrogens is 262 g/mol. The third kappa shape index (κ3) is 4.59. The van der Waals surface area contributed by atoms with Gasteiger partial charge in [0.25, 0.3) is 0 Å². The summed E-state index contributed by atoms with van der Waals surface area (Å²) in [6.07, 6.45) is 1.11. The van der Waals surface area contributed by atoms with Crippen molar-refractivity contribution in [2.75, 3.05) is 6.54 Å². The van der Waals surface area contributed by atoms with Crippen LogP contribution in [0.1, 0.15) is 30.0 Å². The van der Waals surface area contributed by atoms with E-state index in [1.54, 1.807) is 0 Å². The van der Waals surface area contributed by atoms with Crippen molar-refractivity contribution < 1.29 is 9.84 Å². The molecule has 2 aromatic rings. The highest BCUT2D eigenvalue weighted by molar-refractivity contribution is 5.41. The van der Waals surface area contributed by atoms with Crippen molar-refractivity contribution in [2.45, 2.75) is 33.4 Å². The van der Waals surface area contributed by atoms with Crippen molar-refractivity contribution in [3.63, 3.8) is 0 Å². The van der Waals surface area contributed by atoms with Gasteiger partial charge < -0.3 is 15.2 Å². The lowest BCUT2D eigenvalue weighted by atomic mass is 10.1. The zero-order chi connectivity index (χ0) is 15.1. The van der Waals surface area contributed by atoms with Crippen molar-refractivity contribution in [1.29, 1.82) is 0 Å². The second-order valence-electron chi connectivity index (χ2n) is 5.20. The number of hydrogen-bond donors (Lipinski definition) is 2. The number of aliphatic hydroxyl groups excluding tert-OH is 1. The van der Waals surface area contributed by atoms with Crippen molar-refractivity contribution in [3.05, 3.63) is 59.2 Å². The first-order valence-electron chi connectivity index (χ1n) is 7.41. The van der Waals surface area contributed by atoms with Crippen LogP contribution >= 0.6 is 0 Å². The van der Waals surface area contributed by atoms with Crippen LogP contribution < -0.4 is 10.1 Å². The number of rotatable bonds is 7. The lowest BCUT2D eigenvalue weighted by Gasteiger charge is -2.13. The van der Waals surface area contributed by atoms with Crippen molar-refractivity contribution in [3.8, 4) is 11.5 Å². The summed E-state index contributed by atoms with van der Waals surface area (Å²) in [5, 5.41) is 12.6. The van der Waals surface area contributed by atoms with E-state index < -0.39 is 0 Å². The normalized spacial score (nSPS) is 10.6. The van der Waals surface area contributed by atoms with E-state index in [2.05, 4.69) is 31.3 Å². The van der Waals surface area contributed by atoms with Gasteiger partial charge in [-0.15, -0.1) is 0 Å². The summed E-state index contributed by atoms with van der Waals surface area (Å²) in [5.74, 6) is 1.61. The number of nitrogens with one attached hydrogen (secondary N) is 1. The topological polar surface area (TPSA) is 41.5 Å². The van der Waals surface area contributed by atoms with Crippen molar-refractivity contribution in [1.82, 2.24) is 5.32 Å². The van der Waals surface area contributed by atoms with Crippen LogP contribution in [-0.2, 0) is 13.2 Å². The van der Waals surface area contributed by atoms with Gasteiger partial charge in [-0.05, 0) is 43.7 Å². The van der Waals surface area contributed by atoms with Crippen LogP contribution in [0.2, 0.25) is 0 Å². The van der Waals surface area contributed by atoms with Crippen LogP contribution in [0.5, 0.6) is 11.5 Å². The molecule has 2 aromatic carbocycles. The quantitative estimate of drug-likeness (QED) is 0.761. The maximum Gasteiger partial charge on any atom is 0.131 e. The smallest absolute Gasteiger partial charge is 0.131 e. The van der Waals surface area contributed by atoms with Gasteiger partial charge in [0.05, 0.1) is 6.61 Å². The van der Waals surface area contributed by atoms with Crippen LogP contribution in [-0.4, -0.2) is 11.7 Å². The monoisotopic (exact) mass is 285 g/mol. The van der Waals surface area contributed by atoms with Crippen molar-refractivity contribution >= 4 is 0 Å². The number of aliphatic hydroxyl groups is 1. The van der Waals surface area contributed by atoms with Crippen LogP contribution in [0, 0.1) is 6.92 Å². The average molecular weight is 285 g/mol. The largest absolute Gasteiger partial charge is 0.457 e. The Bertz CT molecular complexity index is 581. The van der Waals surface area contributed by atoms with E-state index in [1.807, 2.05) is 30.3 Å².